The molecule has 0 atom stereocenters. The second-order valence-electron chi connectivity index (χ2n) is 6.86. The molecular weight excluding hydrogens is 276 g/mol. The standard InChI is InChI=1S/C18H28N2O2/c1-13-7-6-8-16(14(13)2)22-18(3,4)17(21)19-15-9-11-20(5)12-10-15/h6-8,15H,9-12H2,1-5H3,(H,19,21). The number of benzene rings is 1. The van der Waals surface area contributed by atoms with Crippen LogP contribution in [0.3, 0.4) is 0 Å². The molecule has 122 valence electrons. The molecule has 0 radical (unpaired) electrons. The van der Waals surface area contributed by atoms with Crippen molar-refractivity contribution in [2.45, 2.75) is 52.2 Å². The smallest absolute Gasteiger partial charge is 0.263 e. The molecular formula is C18H28N2O2. The Kier molecular flexibility index (Phi) is 5.12. The van der Waals surface area contributed by atoms with Gasteiger partial charge in [-0.2, -0.15) is 0 Å². The van der Waals surface area contributed by atoms with Crippen LogP contribution in [0.25, 0.3) is 0 Å². The van der Waals surface area contributed by atoms with Crippen LogP contribution in [0.5, 0.6) is 5.75 Å². The maximum Gasteiger partial charge on any atom is 0.263 e. The summed E-state index contributed by atoms with van der Waals surface area (Å²) < 4.78 is 6.02. The molecule has 0 unspecified atom stereocenters. The highest BCUT2D eigenvalue weighted by atomic mass is 16.5. The van der Waals surface area contributed by atoms with Gasteiger partial charge in [0.1, 0.15) is 5.75 Å². The van der Waals surface area contributed by atoms with Gasteiger partial charge in [-0.3, -0.25) is 4.79 Å². The highest BCUT2D eigenvalue weighted by Crippen LogP contribution is 2.25. The Bertz CT molecular complexity index is 532. The van der Waals surface area contributed by atoms with Gasteiger partial charge in [0.2, 0.25) is 0 Å². The lowest BCUT2D eigenvalue weighted by Crippen LogP contribution is -2.52. The molecule has 1 amide bonds. The number of carbonyl (C=O) groups excluding carboxylic acids is 1. The van der Waals surface area contributed by atoms with Crippen molar-refractivity contribution in [1.82, 2.24) is 10.2 Å². The lowest BCUT2D eigenvalue weighted by Gasteiger charge is -2.33. The first-order chi connectivity index (χ1) is 10.3. The quantitative estimate of drug-likeness (QED) is 0.930. The van der Waals surface area contributed by atoms with E-state index in [0.29, 0.717) is 0 Å². The number of ether oxygens (including phenoxy) is 1. The predicted octanol–water partition coefficient (Wildman–Crippen LogP) is 2.67. The zero-order valence-corrected chi connectivity index (χ0v) is 14.4. The monoisotopic (exact) mass is 304 g/mol. The van der Waals surface area contributed by atoms with Gasteiger partial charge < -0.3 is 15.0 Å². The Balaban J connectivity index is 1.99. The van der Waals surface area contributed by atoms with Crippen LogP contribution < -0.4 is 10.1 Å². The van der Waals surface area contributed by atoms with Gasteiger partial charge in [-0.15, -0.1) is 0 Å². The van der Waals surface area contributed by atoms with Gasteiger partial charge in [0.05, 0.1) is 0 Å². The number of nitrogens with zero attached hydrogens (tertiary/aromatic N) is 1. The molecule has 0 spiro atoms. The molecule has 1 aliphatic rings. The molecule has 1 saturated heterocycles. The molecule has 0 aliphatic carbocycles. The normalized spacial score (nSPS) is 17.3. The minimum absolute atomic E-state index is 0.0389. The van der Waals surface area contributed by atoms with E-state index < -0.39 is 5.60 Å². The van der Waals surface area contributed by atoms with Crippen LogP contribution in [0.2, 0.25) is 0 Å². The van der Waals surface area contributed by atoms with Crippen molar-refractivity contribution in [2.24, 2.45) is 0 Å². The molecule has 0 saturated carbocycles. The third-order valence-electron chi connectivity index (χ3n) is 4.52. The Morgan fingerprint density at radius 1 is 1.27 bits per heavy atom. The zero-order valence-electron chi connectivity index (χ0n) is 14.4. The molecule has 0 aromatic heterocycles. The van der Waals surface area contributed by atoms with E-state index >= 15 is 0 Å². The van der Waals surface area contributed by atoms with Crippen LogP contribution in [0.4, 0.5) is 0 Å². The fourth-order valence-corrected chi connectivity index (χ4v) is 2.67. The lowest BCUT2D eigenvalue weighted by atomic mass is 10.0. The summed E-state index contributed by atoms with van der Waals surface area (Å²) in [5.41, 5.74) is 1.38. The zero-order chi connectivity index (χ0) is 16.3. The van der Waals surface area contributed by atoms with Crippen LogP contribution >= 0.6 is 0 Å². The van der Waals surface area contributed by atoms with E-state index in [0.717, 1.165) is 37.2 Å². The summed E-state index contributed by atoms with van der Waals surface area (Å²) in [6, 6.07) is 6.19. The van der Waals surface area contributed by atoms with Gasteiger partial charge in [0.25, 0.3) is 5.91 Å². The van der Waals surface area contributed by atoms with Crippen molar-refractivity contribution in [1.29, 1.82) is 0 Å². The van der Waals surface area contributed by atoms with Crippen molar-refractivity contribution in [3.05, 3.63) is 29.3 Å². The van der Waals surface area contributed by atoms with E-state index in [1.807, 2.05) is 45.9 Å². The van der Waals surface area contributed by atoms with Crippen molar-refractivity contribution in [2.75, 3.05) is 20.1 Å². The van der Waals surface area contributed by atoms with E-state index in [4.69, 9.17) is 4.74 Å². The third-order valence-corrected chi connectivity index (χ3v) is 4.52. The number of likely N-dealkylation sites (tertiary alicyclic amines) is 1. The summed E-state index contributed by atoms with van der Waals surface area (Å²) in [5, 5.41) is 3.14. The molecule has 1 aromatic carbocycles. The van der Waals surface area contributed by atoms with Crippen LogP contribution in [0.15, 0.2) is 18.2 Å². The van der Waals surface area contributed by atoms with Crippen LogP contribution in [-0.2, 0) is 4.79 Å². The highest BCUT2D eigenvalue weighted by Gasteiger charge is 2.32. The average molecular weight is 304 g/mol. The molecule has 1 fully saturated rings. The number of rotatable bonds is 4. The van der Waals surface area contributed by atoms with Crippen LogP contribution in [0, 0.1) is 13.8 Å². The first-order valence-electron chi connectivity index (χ1n) is 8.04. The van der Waals surface area contributed by atoms with E-state index in [-0.39, 0.29) is 11.9 Å². The molecule has 4 nitrogen and oxygen atoms in total. The summed E-state index contributed by atoms with van der Waals surface area (Å²) in [4.78, 5) is 14.9. The summed E-state index contributed by atoms with van der Waals surface area (Å²) in [7, 11) is 2.12. The second kappa shape index (κ2) is 6.69. The maximum atomic E-state index is 12.6. The number of piperidine rings is 1. The van der Waals surface area contributed by atoms with Gasteiger partial charge in [-0.05, 0) is 77.9 Å². The minimum atomic E-state index is -0.873. The Labute approximate surface area is 133 Å². The summed E-state index contributed by atoms with van der Waals surface area (Å²) >= 11 is 0. The molecule has 1 aromatic rings. The Hall–Kier alpha value is -1.55. The van der Waals surface area contributed by atoms with Crippen molar-refractivity contribution in [3.63, 3.8) is 0 Å². The molecule has 0 bridgehead atoms. The summed E-state index contributed by atoms with van der Waals surface area (Å²) in [6.07, 6.45) is 2.00. The van der Waals surface area contributed by atoms with Crippen molar-refractivity contribution >= 4 is 5.91 Å². The Morgan fingerprint density at radius 2 is 1.91 bits per heavy atom. The van der Waals surface area contributed by atoms with Gasteiger partial charge in [-0.25, -0.2) is 0 Å². The number of carbonyl (C=O) groups is 1. The Morgan fingerprint density at radius 3 is 2.55 bits per heavy atom. The van der Waals surface area contributed by atoms with Crippen molar-refractivity contribution in [3.8, 4) is 5.75 Å². The minimum Gasteiger partial charge on any atom is -0.478 e. The maximum absolute atomic E-state index is 12.6. The van der Waals surface area contributed by atoms with Gasteiger partial charge >= 0.3 is 0 Å². The SMILES string of the molecule is Cc1cccc(OC(C)(C)C(=O)NC2CCN(C)CC2)c1C. The number of aryl methyl sites for hydroxylation is 1. The number of hydrogen-bond acceptors (Lipinski definition) is 3. The lowest BCUT2D eigenvalue weighted by molar-refractivity contribution is -0.135. The molecule has 1 aliphatic heterocycles. The van der Waals surface area contributed by atoms with E-state index in [9.17, 15) is 4.79 Å². The van der Waals surface area contributed by atoms with E-state index in [1.54, 1.807) is 0 Å². The number of nitrogens with one attached hydrogen (secondary N) is 1. The molecule has 1 N–H and O–H groups in total. The number of hydrogen-bond donors (Lipinski definition) is 1. The third kappa shape index (κ3) is 4.01. The summed E-state index contributed by atoms with van der Waals surface area (Å²) in [6.45, 7) is 9.80. The highest BCUT2D eigenvalue weighted by molar-refractivity contribution is 5.85. The van der Waals surface area contributed by atoms with E-state index in [2.05, 4.69) is 17.3 Å². The average Bonchev–Trinajstić information content (AvgIpc) is 2.46. The van der Waals surface area contributed by atoms with Gasteiger partial charge in [0, 0.05) is 6.04 Å². The first-order valence-corrected chi connectivity index (χ1v) is 8.04. The molecule has 4 heteroatoms. The molecule has 1 heterocycles. The fraction of sp³-hybridized carbons (Fsp3) is 0.611. The van der Waals surface area contributed by atoms with Gasteiger partial charge in [-0.1, -0.05) is 12.1 Å². The molecule has 2 rings (SSSR count). The van der Waals surface area contributed by atoms with Crippen LogP contribution in [0.1, 0.15) is 37.8 Å². The largest absolute Gasteiger partial charge is 0.478 e. The number of amides is 1. The second-order valence-corrected chi connectivity index (χ2v) is 6.86. The predicted molar refractivity (Wildman–Crippen MR) is 89.3 cm³/mol. The van der Waals surface area contributed by atoms with E-state index in [1.165, 1.54) is 5.56 Å². The summed E-state index contributed by atoms with van der Waals surface area (Å²) in [5.74, 6) is 0.742. The molecule has 22 heavy (non-hydrogen) atoms. The first kappa shape index (κ1) is 16.8. The van der Waals surface area contributed by atoms with Gasteiger partial charge in [0.15, 0.2) is 5.60 Å². The van der Waals surface area contributed by atoms with Crippen molar-refractivity contribution < 1.29 is 9.53 Å². The fourth-order valence-electron chi connectivity index (χ4n) is 2.67. The van der Waals surface area contributed by atoms with Crippen LogP contribution in [-0.4, -0.2) is 42.6 Å². The topological polar surface area (TPSA) is 41.6 Å².